The molecule has 0 radical (unpaired) electrons. The van der Waals surface area contributed by atoms with Gasteiger partial charge >= 0.3 is 12.0 Å². The maximum atomic E-state index is 11.6. The van der Waals surface area contributed by atoms with Crippen LogP contribution in [0.3, 0.4) is 0 Å². The molecule has 1 rings (SSSR count). The van der Waals surface area contributed by atoms with E-state index < -0.39 is 18.0 Å². The summed E-state index contributed by atoms with van der Waals surface area (Å²) in [6.45, 7) is 5.59. The third-order valence-corrected chi connectivity index (χ3v) is 2.87. The third kappa shape index (κ3) is 4.61. The van der Waals surface area contributed by atoms with Gasteiger partial charge in [-0.05, 0) is 12.8 Å². The molecule has 0 spiro atoms. The Morgan fingerprint density at radius 2 is 2.21 bits per heavy atom. The zero-order valence-corrected chi connectivity index (χ0v) is 11.3. The number of carboxylic acids is 1. The summed E-state index contributed by atoms with van der Waals surface area (Å²) in [4.78, 5) is 22.7. The molecule has 0 saturated heterocycles. The van der Waals surface area contributed by atoms with Crippen molar-refractivity contribution in [2.75, 3.05) is 0 Å². The summed E-state index contributed by atoms with van der Waals surface area (Å²) in [6.07, 6.45) is 0.665. The molecule has 0 aliphatic carbocycles. The molecule has 7 nitrogen and oxygen atoms in total. The van der Waals surface area contributed by atoms with Gasteiger partial charge in [-0.3, -0.25) is 0 Å². The van der Waals surface area contributed by atoms with Gasteiger partial charge < -0.3 is 20.3 Å². The molecule has 0 saturated carbocycles. The highest BCUT2D eigenvalue weighted by molar-refractivity contribution is 5.82. The van der Waals surface area contributed by atoms with E-state index in [0.717, 1.165) is 5.69 Å². The Labute approximate surface area is 111 Å². The van der Waals surface area contributed by atoms with Crippen molar-refractivity contribution in [2.45, 2.75) is 39.8 Å². The number of nitrogens with one attached hydrogen (secondary N) is 2. The number of carboxylic acid groups (broad SMARTS) is 1. The summed E-state index contributed by atoms with van der Waals surface area (Å²) in [6, 6.07) is 0.257. The lowest BCUT2D eigenvalue weighted by Gasteiger charge is -2.20. The Hall–Kier alpha value is -2.05. The molecular weight excluding hydrogens is 250 g/mol. The van der Waals surface area contributed by atoms with E-state index in [-0.39, 0.29) is 12.5 Å². The summed E-state index contributed by atoms with van der Waals surface area (Å²) in [5.41, 5.74) is 0.722. The monoisotopic (exact) mass is 269 g/mol. The minimum atomic E-state index is -1.04. The standard InChI is InChI=1S/C12H19N3O4/c1-4-7(2)10(11(16)17)14-12(18)13-6-9-5-8(3)15-19-9/h5,7,10H,4,6H2,1-3H3,(H,16,17)(H2,13,14,18). The molecule has 2 amide bonds. The maximum Gasteiger partial charge on any atom is 0.326 e. The summed E-state index contributed by atoms with van der Waals surface area (Å²) < 4.78 is 4.93. The lowest BCUT2D eigenvalue weighted by Crippen LogP contribution is -2.48. The van der Waals surface area contributed by atoms with E-state index in [9.17, 15) is 9.59 Å². The van der Waals surface area contributed by atoms with E-state index in [1.807, 2.05) is 6.92 Å². The molecule has 1 heterocycles. The molecule has 0 aliphatic rings. The van der Waals surface area contributed by atoms with Crippen LogP contribution in [0.15, 0.2) is 10.6 Å². The van der Waals surface area contributed by atoms with E-state index in [2.05, 4.69) is 15.8 Å². The van der Waals surface area contributed by atoms with Crippen LogP contribution < -0.4 is 10.6 Å². The Kier molecular flexibility index (Phi) is 5.35. The van der Waals surface area contributed by atoms with E-state index in [4.69, 9.17) is 9.63 Å². The number of amides is 2. The van der Waals surface area contributed by atoms with E-state index in [1.54, 1.807) is 19.9 Å². The molecule has 0 bridgehead atoms. The molecule has 1 aromatic heterocycles. The van der Waals surface area contributed by atoms with Crippen LogP contribution in [-0.2, 0) is 11.3 Å². The predicted molar refractivity (Wildman–Crippen MR) is 67.5 cm³/mol. The number of rotatable bonds is 6. The maximum absolute atomic E-state index is 11.6. The zero-order valence-electron chi connectivity index (χ0n) is 11.3. The molecule has 3 N–H and O–H groups in total. The van der Waals surface area contributed by atoms with Gasteiger partial charge in [0.2, 0.25) is 0 Å². The predicted octanol–water partition coefficient (Wildman–Crippen LogP) is 1.28. The van der Waals surface area contributed by atoms with Crippen molar-refractivity contribution in [3.8, 4) is 0 Å². The fourth-order valence-corrected chi connectivity index (χ4v) is 1.54. The minimum absolute atomic E-state index is 0.143. The number of aryl methyl sites for hydroxylation is 1. The van der Waals surface area contributed by atoms with Crippen LogP contribution in [0.1, 0.15) is 31.7 Å². The molecule has 0 fully saturated rings. The van der Waals surface area contributed by atoms with Crippen LogP contribution in [-0.4, -0.2) is 28.3 Å². The Morgan fingerprint density at radius 1 is 1.53 bits per heavy atom. The van der Waals surface area contributed by atoms with Gasteiger partial charge in [0, 0.05) is 6.07 Å². The van der Waals surface area contributed by atoms with Crippen molar-refractivity contribution in [3.05, 3.63) is 17.5 Å². The smallest absolute Gasteiger partial charge is 0.326 e. The lowest BCUT2D eigenvalue weighted by molar-refractivity contribution is -0.140. The first-order valence-electron chi connectivity index (χ1n) is 6.13. The van der Waals surface area contributed by atoms with E-state index in [1.165, 1.54) is 0 Å². The molecule has 2 atom stereocenters. The van der Waals surface area contributed by atoms with Gasteiger partial charge in [0.15, 0.2) is 5.76 Å². The number of carbonyl (C=O) groups excluding carboxylic acids is 1. The highest BCUT2D eigenvalue weighted by atomic mass is 16.5. The molecule has 1 aromatic rings. The van der Waals surface area contributed by atoms with Crippen LogP contribution in [0.4, 0.5) is 4.79 Å². The topological polar surface area (TPSA) is 104 Å². The molecule has 2 unspecified atom stereocenters. The molecule has 7 heteroatoms. The van der Waals surface area contributed by atoms with Crippen molar-refractivity contribution in [3.63, 3.8) is 0 Å². The zero-order chi connectivity index (χ0) is 14.4. The average Bonchev–Trinajstić information content (AvgIpc) is 2.78. The molecule has 0 aromatic carbocycles. The minimum Gasteiger partial charge on any atom is -0.480 e. The van der Waals surface area contributed by atoms with Crippen LogP contribution in [0, 0.1) is 12.8 Å². The summed E-state index contributed by atoms with van der Waals surface area (Å²) in [5, 5.41) is 17.7. The number of carbonyl (C=O) groups is 2. The second kappa shape index (κ2) is 6.77. The Morgan fingerprint density at radius 3 is 2.68 bits per heavy atom. The SMILES string of the molecule is CCC(C)C(NC(=O)NCc1cc(C)no1)C(=O)O. The Balaban J connectivity index is 2.46. The van der Waals surface area contributed by atoms with Crippen LogP contribution in [0.25, 0.3) is 0 Å². The van der Waals surface area contributed by atoms with Gasteiger partial charge in [0.1, 0.15) is 6.04 Å². The van der Waals surface area contributed by atoms with Crippen molar-refractivity contribution in [1.82, 2.24) is 15.8 Å². The molecule has 106 valence electrons. The molecule has 0 aliphatic heterocycles. The van der Waals surface area contributed by atoms with Crippen LogP contribution in [0.2, 0.25) is 0 Å². The van der Waals surface area contributed by atoms with Gasteiger partial charge in [-0.2, -0.15) is 0 Å². The van der Waals surface area contributed by atoms with Crippen molar-refractivity contribution < 1.29 is 19.2 Å². The number of nitrogens with zero attached hydrogens (tertiary/aromatic N) is 1. The van der Waals surface area contributed by atoms with Gasteiger partial charge in [0.25, 0.3) is 0 Å². The van der Waals surface area contributed by atoms with Gasteiger partial charge in [-0.15, -0.1) is 0 Å². The molecule has 19 heavy (non-hydrogen) atoms. The van der Waals surface area contributed by atoms with Gasteiger partial charge in [-0.1, -0.05) is 25.4 Å². The normalized spacial score (nSPS) is 13.6. The van der Waals surface area contributed by atoms with Gasteiger partial charge in [-0.25, -0.2) is 9.59 Å². The molecular formula is C12H19N3O4. The van der Waals surface area contributed by atoms with E-state index in [0.29, 0.717) is 12.2 Å². The fourth-order valence-electron chi connectivity index (χ4n) is 1.54. The highest BCUT2D eigenvalue weighted by Gasteiger charge is 2.25. The van der Waals surface area contributed by atoms with Crippen molar-refractivity contribution in [1.29, 1.82) is 0 Å². The summed E-state index contributed by atoms with van der Waals surface area (Å²) >= 11 is 0. The number of urea groups is 1. The number of aliphatic carboxylic acids is 1. The lowest BCUT2D eigenvalue weighted by atomic mass is 9.99. The van der Waals surface area contributed by atoms with Crippen molar-refractivity contribution >= 4 is 12.0 Å². The largest absolute Gasteiger partial charge is 0.480 e. The number of hydrogen-bond donors (Lipinski definition) is 3. The first-order valence-corrected chi connectivity index (χ1v) is 6.13. The first kappa shape index (κ1) is 15.0. The fraction of sp³-hybridized carbons (Fsp3) is 0.583. The van der Waals surface area contributed by atoms with Gasteiger partial charge in [0.05, 0.1) is 12.2 Å². The third-order valence-electron chi connectivity index (χ3n) is 2.87. The van der Waals surface area contributed by atoms with Crippen molar-refractivity contribution in [2.24, 2.45) is 5.92 Å². The van der Waals surface area contributed by atoms with E-state index >= 15 is 0 Å². The number of hydrogen-bond acceptors (Lipinski definition) is 4. The average molecular weight is 269 g/mol. The summed E-state index contributed by atoms with van der Waals surface area (Å²) in [5.74, 6) is -0.668. The Bertz CT molecular complexity index is 444. The number of aromatic nitrogens is 1. The second-order valence-electron chi connectivity index (χ2n) is 4.46. The highest BCUT2D eigenvalue weighted by Crippen LogP contribution is 2.08. The quantitative estimate of drug-likeness (QED) is 0.721. The van der Waals surface area contributed by atoms with Crippen LogP contribution in [0.5, 0.6) is 0 Å². The second-order valence-corrected chi connectivity index (χ2v) is 4.46. The summed E-state index contributed by atoms with van der Waals surface area (Å²) in [7, 11) is 0. The first-order chi connectivity index (χ1) is 8.93. The van der Waals surface area contributed by atoms with Crippen LogP contribution >= 0.6 is 0 Å².